The minimum atomic E-state index is -1.65. The quantitative estimate of drug-likeness (QED) is 0.678. The third-order valence-corrected chi connectivity index (χ3v) is 6.10. The SMILES string of the molecule is C[C@H]1COCCN1c1nc(OC2CC(NC(=O)C3(F)CC3)C2)cc(-c2cnc(N)nc2)n1. The number of ether oxygens (including phenoxy) is 2. The molecular weight excluding hydrogens is 417 g/mol. The molecule has 2 aromatic rings. The lowest BCUT2D eigenvalue weighted by Crippen LogP contribution is -2.51. The Labute approximate surface area is 184 Å². The van der Waals surface area contributed by atoms with E-state index in [1.54, 1.807) is 18.5 Å². The molecule has 5 rings (SSSR count). The number of anilines is 2. The summed E-state index contributed by atoms with van der Waals surface area (Å²) in [5.41, 5.74) is 5.28. The van der Waals surface area contributed by atoms with E-state index in [2.05, 4.69) is 32.1 Å². The number of aromatic nitrogens is 4. The molecule has 2 saturated carbocycles. The van der Waals surface area contributed by atoms with Crippen molar-refractivity contribution >= 4 is 17.8 Å². The van der Waals surface area contributed by atoms with Gasteiger partial charge in [0.15, 0.2) is 5.67 Å². The average Bonchev–Trinajstić information content (AvgIpc) is 3.51. The number of carbonyl (C=O) groups is 1. The molecule has 1 saturated heterocycles. The van der Waals surface area contributed by atoms with Crippen LogP contribution in [-0.4, -0.2) is 69.5 Å². The van der Waals surface area contributed by atoms with Gasteiger partial charge in [-0.15, -0.1) is 0 Å². The van der Waals surface area contributed by atoms with Crippen LogP contribution in [0.5, 0.6) is 5.88 Å². The van der Waals surface area contributed by atoms with Crippen molar-refractivity contribution in [3.63, 3.8) is 0 Å². The highest BCUT2D eigenvalue weighted by Crippen LogP contribution is 2.40. The van der Waals surface area contributed by atoms with Gasteiger partial charge in [0.25, 0.3) is 5.91 Å². The minimum absolute atomic E-state index is 0.0775. The molecule has 0 unspecified atom stereocenters. The smallest absolute Gasteiger partial charge is 0.257 e. The second-order valence-electron chi connectivity index (χ2n) is 8.69. The molecule has 3 N–H and O–H groups in total. The summed E-state index contributed by atoms with van der Waals surface area (Å²) < 4.78 is 25.5. The van der Waals surface area contributed by atoms with Gasteiger partial charge in [-0.2, -0.15) is 4.98 Å². The van der Waals surface area contributed by atoms with E-state index in [1.807, 2.05) is 0 Å². The Morgan fingerprint density at radius 2 is 2.06 bits per heavy atom. The molecule has 3 aliphatic rings. The van der Waals surface area contributed by atoms with E-state index in [9.17, 15) is 9.18 Å². The number of rotatable bonds is 6. The fraction of sp³-hybridized carbons (Fsp3) is 0.571. The van der Waals surface area contributed by atoms with Crippen molar-refractivity contribution in [3.05, 3.63) is 18.5 Å². The van der Waals surface area contributed by atoms with E-state index in [0.717, 1.165) is 0 Å². The number of hydrogen-bond donors (Lipinski definition) is 2. The maximum atomic E-state index is 13.8. The summed E-state index contributed by atoms with van der Waals surface area (Å²) >= 11 is 0. The molecule has 1 amide bonds. The van der Waals surface area contributed by atoms with Crippen LogP contribution >= 0.6 is 0 Å². The van der Waals surface area contributed by atoms with Gasteiger partial charge >= 0.3 is 0 Å². The van der Waals surface area contributed by atoms with Crippen molar-refractivity contribution in [2.45, 2.75) is 56.5 Å². The molecule has 32 heavy (non-hydrogen) atoms. The van der Waals surface area contributed by atoms with E-state index in [-0.39, 0.29) is 24.1 Å². The van der Waals surface area contributed by atoms with Crippen molar-refractivity contribution < 1.29 is 18.7 Å². The normalized spacial score (nSPS) is 26.2. The molecule has 2 aliphatic carbocycles. The van der Waals surface area contributed by atoms with E-state index in [0.29, 0.717) is 68.5 Å². The molecule has 0 bridgehead atoms. The van der Waals surface area contributed by atoms with Gasteiger partial charge in [-0.05, 0) is 19.8 Å². The lowest BCUT2D eigenvalue weighted by molar-refractivity contribution is -0.129. The van der Waals surface area contributed by atoms with Crippen LogP contribution < -0.4 is 20.7 Å². The minimum Gasteiger partial charge on any atom is -0.474 e. The van der Waals surface area contributed by atoms with Gasteiger partial charge in [0.1, 0.15) is 6.10 Å². The molecular formula is C21H26FN7O3. The second kappa shape index (κ2) is 8.12. The lowest BCUT2D eigenvalue weighted by atomic mass is 9.89. The van der Waals surface area contributed by atoms with E-state index >= 15 is 0 Å². The van der Waals surface area contributed by atoms with Crippen LogP contribution in [0.1, 0.15) is 32.6 Å². The summed E-state index contributed by atoms with van der Waals surface area (Å²) in [4.78, 5) is 31.4. The highest BCUT2D eigenvalue weighted by Gasteiger charge is 2.52. The maximum absolute atomic E-state index is 13.8. The molecule has 2 aromatic heterocycles. The van der Waals surface area contributed by atoms with Crippen LogP contribution in [0.4, 0.5) is 16.3 Å². The summed E-state index contributed by atoms with van der Waals surface area (Å²) in [7, 11) is 0. The Hall–Kier alpha value is -3.08. The number of hydrogen-bond acceptors (Lipinski definition) is 9. The van der Waals surface area contributed by atoms with Gasteiger partial charge in [-0.1, -0.05) is 0 Å². The van der Waals surface area contributed by atoms with E-state index in [4.69, 9.17) is 20.2 Å². The average molecular weight is 443 g/mol. The first-order valence-electron chi connectivity index (χ1n) is 10.9. The Morgan fingerprint density at radius 1 is 1.31 bits per heavy atom. The maximum Gasteiger partial charge on any atom is 0.257 e. The first-order chi connectivity index (χ1) is 15.4. The fourth-order valence-electron chi connectivity index (χ4n) is 3.85. The standard InChI is InChI=1S/C21H26FN7O3/c1-12-11-31-5-4-29(12)20-27-16(13-9-24-19(23)25-10-13)8-17(28-20)32-15-6-14(7-15)26-18(30)21(22)2-3-21/h8-10,12,14-15H,2-7,11H2,1H3,(H,26,30)(H2,23,24,25)/t12-,14?,15?/m0/s1. The van der Waals surface area contributed by atoms with Gasteiger partial charge in [0.2, 0.25) is 17.8 Å². The Balaban J connectivity index is 1.32. The monoisotopic (exact) mass is 443 g/mol. The summed E-state index contributed by atoms with van der Waals surface area (Å²) in [5, 5.41) is 2.77. The topological polar surface area (TPSA) is 128 Å². The number of morpholine rings is 1. The molecule has 10 nitrogen and oxygen atoms in total. The third kappa shape index (κ3) is 4.29. The molecule has 0 radical (unpaired) electrons. The molecule has 1 aliphatic heterocycles. The summed E-state index contributed by atoms with van der Waals surface area (Å²) in [6.07, 6.45) is 4.95. The highest BCUT2D eigenvalue weighted by atomic mass is 19.1. The summed E-state index contributed by atoms with van der Waals surface area (Å²) in [5.74, 6) is 0.657. The summed E-state index contributed by atoms with van der Waals surface area (Å²) in [6, 6.07) is 1.79. The number of nitrogens with one attached hydrogen (secondary N) is 1. The van der Waals surface area contributed by atoms with Crippen LogP contribution in [0.15, 0.2) is 18.5 Å². The Morgan fingerprint density at radius 3 is 2.75 bits per heavy atom. The molecule has 11 heteroatoms. The van der Waals surface area contributed by atoms with E-state index < -0.39 is 11.6 Å². The largest absolute Gasteiger partial charge is 0.474 e. The summed E-state index contributed by atoms with van der Waals surface area (Å²) in [6.45, 7) is 3.91. The fourth-order valence-corrected chi connectivity index (χ4v) is 3.85. The number of amides is 1. The van der Waals surface area contributed by atoms with Crippen molar-refractivity contribution in [3.8, 4) is 17.1 Å². The van der Waals surface area contributed by atoms with Gasteiger partial charge < -0.3 is 25.4 Å². The Kier molecular flexibility index (Phi) is 5.28. The molecule has 3 heterocycles. The van der Waals surface area contributed by atoms with Crippen molar-refractivity contribution in [2.75, 3.05) is 30.4 Å². The van der Waals surface area contributed by atoms with Gasteiger partial charge in [-0.3, -0.25) is 4.79 Å². The zero-order valence-electron chi connectivity index (χ0n) is 17.8. The zero-order chi connectivity index (χ0) is 22.3. The molecule has 170 valence electrons. The van der Waals surface area contributed by atoms with Crippen LogP contribution in [0.2, 0.25) is 0 Å². The predicted molar refractivity (Wildman–Crippen MR) is 114 cm³/mol. The number of halogens is 1. The number of nitrogen functional groups attached to an aromatic ring is 1. The second-order valence-corrected chi connectivity index (χ2v) is 8.69. The molecule has 0 aromatic carbocycles. The van der Waals surface area contributed by atoms with Gasteiger partial charge in [-0.25, -0.2) is 19.3 Å². The first kappa shape index (κ1) is 20.8. The zero-order valence-corrected chi connectivity index (χ0v) is 17.8. The van der Waals surface area contributed by atoms with E-state index in [1.165, 1.54) is 0 Å². The molecule has 0 spiro atoms. The highest BCUT2D eigenvalue weighted by molar-refractivity contribution is 5.88. The molecule has 1 atom stereocenters. The van der Waals surface area contributed by atoms with Crippen molar-refractivity contribution in [1.82, 2.24) is 25.3 Å². The first-order valence-corrected chi connectivity index (χ1v) is 10.9. The van der Waals surface area contributed by atoms with Crippen molar-refractivity contribution in [1.29, 1.82) is 0 Å². The molecule has 3 fully saturated rings. The van der Waals surface area contributed by atoms with Gasteiger partial charge in [0.05, 0.1) is 24.9 Å². The van der Waals surface area contributed by atoms with Crippen LogP contribution in [0.3, 0.4) is 0 Å². The Bertz CT molecular complexity index is 995. The number of nitrogens with two attached hydrogens (primary N) is 1. The number of carbonyl (C=O) groups excluding carboxylic acids is 1. The van der Waals surface area contributed by atoms with Gasteiger partial charge in [0, 0.05) is 49.5 Å². The predicted octanol–water partition coefficient (Wildman–Crippen LogP) is 1.27. The number of nitrogens with zero attached hydrogens (tertiary/aromatic N) is 5. The van der Waals surface area contributed by atoms with Crippen molar-refractivity contribution in [2.24, 2.45) is 0 Å². The van der Waals surface area contributed by atoms with Crippen LogP contribution in [0.25, 0.3) is 11.3 Å². The van der Waals surface area contributed by atoms with Crippen LogP contribution in [0, 0.1) is 0 Å². The number of alkyl halides is 1. The lowest BCUT2D eigenvalue weighted by Gasteiger charge is -2.36. The van der Waals surface area contributed by atoms with Crippen LogP contribution in [-0.2, 0) is 9.53 Å². The third-order valence-electron chi connectivity index (χ3n) is 6.10.